The molecule has 0 aliphatic carbocycles. The van der Waals surface area contributed by atoms with Crippen molar-refractivity contribution in [3.8, 4) is 0 Å². The molecule has 2 nitrogen and oxygen atoms in total. The SMILES string of the molecule is C=Cc1ccc(C(O)c2ccc(N(CC)CC)cc2)s1. The third-order valence-corrected chi connectivity index (χ3v) is 4.59. The third-order valence-electron chi connectivity index (χ3n) is 3.46. The van der Waals surface area contributed by atoms with Gasteiger partial charge in [-0.25, -0.2) is 0 Å². The summed E-state index contributed by atoms with van der Waals surface area (Å²) in [4.78, 5) is 4.33. The van der Waals surface area contributed by atoms with Gasteiger partial charge >= 0.3 is 0 Å². The van der Waals surface area contributed by atoms with Crippen LogP contribution in [0.1, 0.15) is 35.3 Å². The number of rotatable bonds is 6. The van der Waals surface area contributed by atoms with Crippen LogP contribution in [0.2, 0.25) is 0 Å². The number of aliphatic hydroxyl groups excluding tert-OH is 1. The molecule has 106 valence electrons. The van der Waals surface area contributed by atoms with E-state index in [0.29, 0.717) is 0 Å². The summed E-state index contributed by atoms with van der Waals surface area (Å²) in [7, 11) is 0. The zero-order chi connectivity index (χ0) is 14.5. The number of anilines is 1. The third kappa shape index (κ3) is 3.11. The second kappa shape index (κ2) is 6.73. The van der Waals surface area contributed by atoms with E-state index < -0.39 is 6.10 Å². The minimum atomic E-state index is -0.556. The zero-order valence-corrected chi connectivity index (χ0v) is 12.9. The molecule has 0 radical (unpaired) electrons. The first-order chi connectivity index (χ1) is 9.69. The van der Waals surface area contributed by atoms with Crippen molar-refractivity contribution in [3.63, 3.8) is 0 Å². The Morgan fingerprint density at radius 3 is 2.30 bits per heavy atom. The summed E-state index contributed by atoms with van der Waals surface area (Å²) in [6.45, 7) is 10.0. The van der Waals surface area contributed by atoms with E-state index in [-0.39, 0.29) is 0 Å². The first-order valence-corrected chi connectivity index (χ1v) is 7.76. The number of hydrogen-bond donors (Lipinski definition) is 1. The number of thiophene rings is 1. The topological polar surface area (TPSA) is 23.5 Å². The van der Waals surface area contributed by atoms with Crippen molar-refractivity contribution >= 4 is 23.1 Å². The molecule has 0 spiro atoms. The summed E-state index contributed by atoms with van der Waals surface area (Å²) in [6, 6.07) is 12.1. The minimum Gasteiger partial charge on any atom is -0.383 e. The van der Waals surface area contributed by atoms with E-state index in [0.717, 1.165) is 28.4 Å². The lowest BCUT2D eigenvalue weighted by molar-refractivity contribution is 0.224. The molecule has 1 heterocycles. The van der Waals surface area contributed by atoms with Gasteiger partial charge in [-0.2, -0.15) is 0 Å². The maximum Gasteiger partial charge on any atom is 0.113 e. The average Bonchev–Trinajstić information content (AvgIpc) is 2.97. The van der Waals surface area contributed by atoms with Gasteiger partial charge in [-0.15, -0.1) is 11.3 Å². The van der Waals surface area contributed by atoms with Crippen molar-refractivity contribution in [2.45, 2.75) is 20.0 Å². The molecule has 0 amide bonds. The summed E-state index contributed by atoms with van der Waals surface area (Å²) >= 11 is 1.58. The Kier molecular flexibility index (Phi) is 4.99. The molecule has 0 aliphatic rings. The van der Waals surface area contributed by atoms with E-state index in [1.54, 1.807) is 11.3 Å². The van der Waals surface area contributed by atoms with Crippen molar-refractivity contribution in [1.29, 1.82) is 0 Å². The molecule has 1 atom stereocenters. The van der Waals surface area contributed by atoms with Gasteiger partial charge in [-0.05, 0) is 43.7 Å². The predicted molar refractivity (Wildman–Crippen MR) is 88.5 cm³/mol. The van der Waals surface area contributed by atoms with Gasteiger partial charge in [0.15, 0.2) is 0 Å². The molecule has 0 saturated heterocycles. The molecule has 1 N–H and O–H groups in total. The van der Waals surface area contributed by atoms with Crippen molar-refractivity contribution in [2.75, 3.05) is 18.0 Å². The molecule has 0 fully saturated rings. The quantitative estimate of drug-likeness (QED) is 0.855. The maximum atomic E-state index is 10.4. The Bertz CT molecular complexity index is 555. The Labute approximate surface area is 125 Å². The van der Waals surface area contributed by atoms with Crippen LogP contribution in [0.4, 0.5) is 5.69 Å². The molecule has 20 heavy (non-hydrogen) atoms. The lowest BCUT2D eigenvalue weighted by Crippen LogP contribution is -2.21. The molecule has 3 heteroatoms. The molecule has 2 rings (SSSR count). The first-order valence-electron chi connectivity index (χ1n) is 6.94. The molecular formula is C17H21NOS. The fourth-order valence-corrected chi connectivity index (χ4v) is 3.12. The lowest BCUT2D eigenvalue weighted by Gasteiger charge is -2.21. The highest BCUT2D eigenvalue weighted by atomic mass is 32.1. The lowest BCUT2D eigenvalue weighted by atomic mass is 10.1. The van der Waals surface area contributed by atoms with E-state index in [9.17, 15) is 5.11 Å². The van der Waals surface area contributed by atoms with E-state index in [1.807, 2.05) is 30.3 Å². The second-order valence-electron chi connectivity index (χ2n) is 4.61. The standard InChI is InChI=1S/C17H21NOS/c1-4-15-11-12-16(20-15)17(19)13-7-9-14(10-8-13)18(5-2)6-3/h4,7-12,17,19H,1,5-6H2,2-3H3. The van der Waals surface area contributed by atoms with Gasteiger partial charge in [0.05, 0.1) is 0 Å². The van der Waals surface area contributed by atoms with Gasteiger partial charge in [0.2, 0.25) is 0 Å². The summed E-state index contributed by atoms with van der Waals surface area (Å²) < 4.78 is 0. The Morgan fingerprint density at radius 2 is 1.80 bits per heavy atom. The molecule has 2 aromatic rings. The van der Waals surface area contributed by atoms with Gasteiger partial charge < -0.3 is 10.0 Å². The first kappa shape index (κ1) is 14.8. The van der Waals surface area contributed by atoms with Crippen LogP contribution in [0, 0.1) is 0 Å². The smallest absolute Gasteiger partial charge is 0.113 e. The second-order valence-corrected chi connectivity index (χ2v) is 5.76. The molecule has 0 saturated carbocycles. The largest absolute Gasteiger partial charge is 0.383 e. The number of aliphatic hydroxyl groups is 1. The van der Waals surface area contributed by atoms with Crippen LogP contribution in [0.15, 0.2) is 43.0 Å². The highest BCUT2D eigenvalue weighted by molar-refractivity contribution is 7.13. The van der Waals surface area contributed by atoms with E-state index >= 15 is 0 Å². The summed E-state index contributed by atoms with van der Waals surface area (Å²) in [5.41, 5.74) is 2.13. The molecule has 1 aromatic heterocycles. The van der Waals surface area contributed by atoms with Gasteiger partial charge in [-0.3, -0.25) is 0 Å². The van der Waals surface area contributed by atoms with Gasteiger partial charge in [0.25, 0.3) is 0 Å². The minimum absolute atomic E-state index is 0.556. The van der Waals surface area contributed by atoms with Crippen LogP contribution in [0.25, 0.3) is 6.08 Å². The zero-order valence-electron chi connectivity index (χ0n) is 12.0. The fourth-order valence-electron chi connectivity index (χ4n) is 2.25. The highest BCUT2D eigenvalue weighted by Gasteiger charge is 2.13. The number of benzene rings is 1. The normalized spacial score (nSPS) is 12.2. The van der Waals surface area contributed by atoms with Gasteiger partial charge in [0, 0.05) is 28.5 Å². The van der Waals surface area contributed by atoms with E-state index in [4.69, 9.17) is 0 Å². The summed E-state index contributed by atoms with van der Waals surface area (Å²) in [5.74, 6) is 0. The number of nitrogens with zero attached hydrogens (tertiary/aromatic N) is 1. The van der Waals surface area contributed by atoms with Crippen LogP contribution in [0.3, 0.4) is 0 Å². The average molecular weight is 287 g/mol. The van der Waals surface area contributed by atoms with Crippen LogP contribution < -0.4 is 4.90 Å². The van der Waals surface area contributed by atoms with Crippen LogP contribution >= 0.6 is 11.3 Å². The Balaban J connectivity index is 2.18. The van der Waals surface area contributed by atoms with Crippen molar-refractivity contribution in [3.05, 3.63) is 58.3 Å². The Hall–Kier alpha value is -1.58. The molecular weight excluding hydrogens is 266 g/mol. The monoisotopic (exact) mass is 287 g/mol. The summed E-state index contributed by atoms with van der Waals surface area (Å²) in [6.07, 6.45) is 1.25. The number of hydrogen-bond acceptors (Lipinski definition) is 3. The fraction of sp³-hybridized carbons (Fsp3) is 0.294. The highest BCUT2D eigenvalue weighted by Crippen LogP contribution is 2.30. The van der Waals surface area contributed by atoms with Crippen molar-refractivity contribution in [1.82, 2.24) is 0 Å². The van der Waals surface area contributed by atoms with E-state index in [1.165, 1.54) is 5.69 Å². The molecule has 1 unspecified atom stereocenters. The van der Waals surface area contributed by atoms with E-state index in [2.05, 4.69) is 37.5 Å². The molecule has 1 aromatic carbocycles. The predicted octanol–water partition coefficient (Wildman–Crippen LogP) is 4.32. The molecule has 0 aliphatic heterocycles. The van der Waals surface area contributed by atoms with Crippen molar-refractivity contribution in [2.24, 2.45) is 0 Å². The van der Waals surface area contributed by atoms with Crippen LogP contribution in [-0.2, 0) is 0 Å². The van der Waals surface area contributed by atoms with Gasteiger partial charge in [-0.1, -0.05) is 24.8 Å². The van der Waals surface area contributed by atoms with Gasteiger partial charge in [0.1, 0.15) is 6.10 Å². The van der Waals surface area contributed by atoms with Crippen LogP contribution in [0.5, 0.6) is 0 Å². The molecule has 0 bridgehead atoms. The van der Waals surface area contributed by atoms with Crippen molar-refractivity contribution < 1.29 is 5.11 Å². The Morgan fingerprint density at radius 1 is 1.15 bits per heavy atom. The summed E-state index contributed by atoms with van der Waals surface area (Å²) in [5, 5.41) is 10.4. The van der Waals surface area contributed by atoms with Crippen LogP contribution in [-0.4, -0.2) is 18.2 Å². The maximum absolute atomic E-state index is 10.4.